The molecule has 0 unspecified atom stereocenters. The molecular formula is C14H10ClN3. The first kappa shape index (κ1) is 11.0. The first-order chi connectivity index (χ1) is 8.86. The van der Waals surface area contributed by atoms with E-state index in [1.54, 1.807) is 12.4 Å². The highest BCUT2D eigenvalue weighted by Crippen LogP contribution is 2.33. The van der Waals surface area contributed by atoms with E-state index in [-0.39, 0.29) is 0 Å². The lowest BCUT2D eigenvalue weighted by molar-refractivity contribution is 1.10. The average Bonchev–Trinajstić information content (AvgIpc) is 2.83. The summed E-state index contributed by atoms with van der Waals surface area (Å²) in [5.41, 5.74) is 3.48. The van der Waals surface area contributed by atoms with E-state index in [1.165, 1.54) is 0 Å². The summed E-state index contributed by atoms with van der Waals surface area (Å²) in [5, 5.41) is 7.86. The summed E-state index contributed by atoms with van der Waals surface area (Å²) in [4.78, 5) is 4.07. The summed E-state index contributed by atoms with van der Waals surface area (Å²) in [6, 6.07) is 13.7. The summed E-state index contributed by atoms with van der Waals surface area (Å²) in [6.07, 6.45) is 3.47. The number of halogens is 1. The van der Waals surface area contributed by atoms with E-state index in [2.05, 4.69) is 15.2 Å². The normalized spacial score (nSPS) is 10.5. The van der Waals surface area contributed by atoms with Gasteiger partial charge in [-0.15, -0.1) is 0 Å². The van der Waals surface area contributed by atoms with Crippen molar-refractivity contribution in [1.29, 1.82) is 0 Å². The third kappa shape index (κ3) is 1.89. The SMILES string of the molecule is Clc1c(-c2cccnc2)n[nH]c1-c1ccccc1. The van der Waals surface area contributed by atoms with Crippen molar-refractivity contribution in [3.05, 3.63) is 59.9 Å². The van der Waals surface area contributed by atoms with Gasteiger partial charge in [0.25, 0.3) is 0 Å². The highest BCUT2D eigenvalue weighted by Gasteiger charge is 2.13. The monoisotopic (exact) mass is 255 g/mol. The Morgan fingerprint density at radius 1 is 0.944 bits per heavy atom. The largest absolute Gasteiger partial charge is 0.276 e. The second-order valence-corrected chi connectivity index (χ2v) is 4.25. The quantitative estimate of drug-likeness (QED) is 0.757. The van der Waals surface area contributed by atoms with Crippen molar-refractivity contribution >= 4 is 11.6 Å². The van der Waals surface area contributed by atoms with Crippen molar-refractivity contribution in [3.8, 4) is 22.5 Å². The molecule has 0 amide bonds. The Kier molecular flexibility index (Phi) is 2.82. The van der Waals surface area contributed by atoms with Crippen molar-refractivity contribution in [1.82, 2.24) is 15.2 Å². The highest BCUT2D eigenvalue weighted by molar-refractivity contribution is 6.35. The van der Waals surface area contributed by atoms with Gasteiger partial charge in [0.05, 0.1) is 10.7 Å². The Morgan fingerprint density at radius 3 is 2.44 bits per heavy atom. The third-order valence-corrected chi connectivity index (χ3v) is 3.07. The number of rotatable bonds is 2. The molecule has 1 N–H and O–H groups in total. The number of nitrogens with zero attached hydrogens (tertiary/aromatic N) is 2. The number of benzene rings is 1. The van der Waals surface area contributed by atoms with Crippen LogP contribution >= 0.6 is 11.6 Å². The predicted molar refractivity (Wildman–Crippen MR) is 72.3 cm³/mol. The lowest BCUT2D eigenvalue weighted by Crippen LogP contribution is -1.79. The Hall–Kier alpha value is -2.13. The molecule has 4 heteroatoms. The van der Waals surface area contributed by atoms with E-state index in [4.69, 9.17) is 11.6 Å². The molecule has 2 aromatic heterocycles. The van der Waals surface area contributed by atoms with Crippen LogP contribution in [0.1, 0.15) is 0 Å². The van der Waals surface area contributed by atoms with Crippen LogP contribution in [0.15, 0.2) is 54.9 Å². The van der Waals surface area contributed by atoms with Gasteiger partial charge in [-0.1, -0.05) is 41.9 Å². The molecular weight excluding hydrogens is 246 g/mol. The molecule has 18 heavy (non-hydrogen) atoms. The maximum absolute atomic E-state index is 6.37. The number of hydrogen-bond donors (Lipinski definition) is 1. The van der Waals surface area contributed by atoms with Crippen LogP contribution in [0.25, 0.3) is 22.5 Å². The fraction of sp³-hybridized carbons (Fsp3) is 0. The predicted octanol–water partition coefficient (Wildman–Crippen LogP) is 3.79. The van der Waals surface area contributed by atoms with Crippen LogP contribution in [0.4, 0.5) is 0 Å². The second-order valence-electron chi connectivity index (χ2n) is 3.87. The molecule has 0 aliphatic carbocycles. The second kappa shape index (κ2) is 4.63. The summed E-state index contributed by atoms with van der Waals surface area (Å²) in [7, 11) is 0. The van der Waals surface area contributed by atoms with Crippen LogP contribution in [0, 0.1) is 0 Å². The molecule has 2 heterocycles. The van der Waals surface area contributed by atoms with E-state index in [1.807, 2.05) is 42.5 Å². The van der Waals surface area contributed by atoms with Crippen molar-refractivity contribution in [2.24, 2.45) is 0 Å². The maximum atomic E-state index is 6.37. The molecule has 0 aliphatic heterocycles. The van der Waals surface area contributed by atoms with Gasteiger partial charge in [0.1, 0.15) is 5.69 Å². The number of nitrogens with one attached hydrogen (secondary N) is 1. The van der Waals surface area contributed by atoms with Gasteiger partial charge in [-0.2, -0.15) is 5.10 Å². The first-order valence-corrected chi connectivity index (χ1v) is 5.94. The van der Waals surface area contributed by atoms with Crippen LogP contribution < -0.4 is 0 Å². The topological polar surface area (TPSA) is 41.6 Å². The van der Waals surface area contributed by atoms with Gasteiger partial charge >= 0.3 is 0 Å². The zero-order valence-corrected chi connectivity index (χ0v) is 10.2. The van der Waals surface area contributed by atoms with Gasteiger partial charge in [-0.25, -0.2) is 0 Å². The zero-order chi connectivity index (χ0) is 12.4. The molecule has 1 aromatic carbocycles. The molecule has 0 saturated heterocycles. The van der Waals surface area contributed by atoms with Crippen molar-refractivity contribution in [3.63, 3.8) is 0 Å². The van der Waals surface area contributed by atoms with Crippen LogP contribution in [0.3, 0.4) is 0 Å². The van der Waals surface area contributed by atoms with Crippen LogP contribution in [0.5, 0.6) is 0 Å². The van der Waals surface area contributed by atoms with Crippen molar-refractivity contribution < 1.29 is 0 Å². The Labute approximate surface area is 109 Å². The molecule has 0 fully saturated rings. The number of aromatic amines is 1. The Morgan fingerprint density at radius 2 is 1.72 bits per heavy atom. The summed E-state index contributed by atoms with van der Waals surface area (Å²) in [6.45, 7) is 0. The number of H-pyrrole nitrogens is 1. The summed E-state index contributed by atoms with van der Waals surface area (Å²) < 4.78 is 0. The molecule has 0 radical (unpaired) electrons. The maximum Gasteiger partial charge on any atom is 0.113 e. The minimum Gasteiger partial charge on any atom is -0.276 e. The number of hydrogen-bond acceptors (Lipinski definition) is 2. The number of pyridine rings is 1. The van der Waals surface area contributed by atoms with Gasteiger partial charge in [0, 0.05) is 23.5 Å². The summed E-state index contributed by atoms with van der Waals surface area (Å²) >= 11 is 6.37. The van der Waals surface area contributed by atoms with Crippen LogP contribution in [-0.2, 0) is 0 Å². The van der Waals surface area contributed by atoms with E-state index in [0.29, 0.717) is 5.02 Å². The molecule has 3 rings (SSSR count). The van der Waals surface area contributed by atoms with Crippen LogP contribution in [0.2, 0.25) is 5.02 Å². The van der Waals surface area contributed by atoms with E-state index >= 15 is 0 Å². The third-order valence-electron chi connectivity index (χ3n) is 2.70. The summed E-state index contributed by atoms with van der Waals surface area (Å²) in [5.74, 6) is 0. The molecule has 0 atom stereocenters. The standard InChI is InChI=1S/C14H10ClN3/c15-12-13(10-5-2-1-3-6-10)17-18-14(12)11-7-4-8-16-9-11/h1-9H,(H,17,18). The molecule has 0 saturated carbocycles. The highest BCUT2D eigenvalue weighted by atomic mass is 35.5. The molecule has 3 aromatic rings. The lowest BCUT2D eigenvalue weighted by atomic mass is 10.1. The van der Waals surface area contributed by atoms with Gasteiger partial charge in [-0.05, 0) is 12.1 Å². The first-order valence-electron chi connectivity index (χ1n) is 5.56. The number of aromatic nitrogens is 3. The molecule has 0 bridgehead atoms. The lowest BCUT2D eigenvalue weighted by Gasteiger charge is -1.98. The Bertz CT molecular complexity index is 590. The van der Waals surface area contributed by atoms with Crippen molar-refractivity contribution in [2.75, 3.05) is 0 Å². The van der Waals surface area contributed by atoms with Gasteiger partial charge in [-0.3, -0.25) is 10.1 Å². The Balaban J connectivity index is 2.09. The van der Waals surface area contributed by atoms with E-state index in [9.17, 15) is 0 Å². The molecule has 3 nitrogen and oxygen atoms in total. The smallest absolute Gasteiger partial charge is 0.113 e. The molecule has 88 valence electrons. The minimum absolute atomic E-state index is 0.620. The fourth-order valence-corrected chi connectivity index (χ4v) is 2.12. The van der Waals surface area contributed by atoms with Gasteiger partial charge < -0.3 is 0 Å². The van der Waals surface area contributed by atoms with E-state index in [0.717, 1.165) is 22.5 Å². The minimum atomic E-state index is 0.620. The molecule has 0 spiro atoms. The molecule has 0 aliphatic rings. The van der Waals surface area contributed by atoms with Crippen molar-refractivity contribution in [2.45, 2.75) is 0 Å². The average molecular weight is 256 g/mol. The fourth-order valence-electron chi connectivity index (χ4n) is 1.82. The van der Waals surface area contributed by atoms with E-state index < -0.39 is 0 Å². The zero-order valence-electron chi connectivity index (χ0n) is 9.47. The van der Waals surface area contributed by atoms with Gasteiger partial charge in [0.2, 0.25) is 0 Å². The van der Waals surface area contributed by atoms with Gasteiger partial charge in [0.15, 0.2) is 0 Å². The van der Waals surface area contributed by atoms with Crippen LogP contribution in [-0.4, -0.2) is 15.2 Å².